The van der Waals surface area contributed by atoms with Gasteiger partial charge in [0, 0.05) is 0 Å². The Kier molecular flexibility index (Phi) is 2.48. The second-order valence-electron chi connectivity index (χ2n) is 3.23. The van der Waals surface area contributed by atoms with Gasteiger partial charge < -0.3 is 0 Å². The molecule has 1 aromatic carbocycles. The fourth-order valence-corrected chi connectivity index (χ4v) is 1.06. The van der Waals surface area contributed by atoms with Gasteiger partial charge in [0.25, 0.3) is 5.84 Å². The number of hydrogen-bond acceptors (Lipinski definition) is 0. The summed E-state index contributed by atoms with van der Waals surface area (Å²) in [5.74, 6) is 0.934. The van der Waals surface area contributed by atoms with E-state index in [9.17, 15) is 0 Å². The highest BCUT2D eigenvalue weighted by molar-refractivity contribution is 5.92. The molecule has 0 unspecified atom stereocenters. The van der Waals surface area contributed by atoms with Crippen molar-refractivity contribution < 1.29 is 5.41 Å². The molecule has 1 aromatic rings. The van der Waals surface area contributed by atoms with Crippen LogP contribution in [0.3, 0.4) is 0 Å². The van der Waals surface area contributed by atoms with E-state index in [1.165, 1.54) is 5.56 Å². The van der Waals surface area contributed by atoms with E-state index in [-0.39, 0.29) is 0 Å². The molecule has 64 valence electrons. The van der Waals surface area contributed by atoms with E-state index in [0.29, 0.717) is 11.8 Å². The lowest BCUT2D eigenvalue weighted by atomic mass is 10.0. The largest absolute Gasteiger partial charge is 0.287 e. The quantitative estimate of drug-likeness (QED) is 0.477. The maximum absolute atomic E-state index is 5.43. The van der Waals surface area contributed by atoms with Gasteiger partial charge >= 0.3 is 0 Å². The Morgan fingerprint density at radius 1 is 1.25 bits per heavy atom. The summed E-state index contributed by atoms with van der Waals surface area (Å²) >= 11 is 0. The minimum atomic E-state index is 0.380. The van der Waals surface area contributed by atoms with Crippen molar-refractivity contribution in [3.05, 3.63) is 35.4 Å². The molecular formula is C10H15N2+. The lowest BCUT2D eigenvalue weighted by Gasteiger charge is -2.04. The van der Waals surface area contributed by atoms with Crippen molar-refractivity contribution in [3.63, 3.8) is 0 Å². The fraction of sp³-hybridized carbons (Fsp3) is 0.300. The summed E-state index contributed by atoms with van der Waals surface area (Å²) < 4.78 is 0. The molecule has 0 aliphatic carbocycles. The van der Waals surface area contributed by atoms with Crippen LogP contribution in [-0.4, -0.2) is 5.84 Å². The van der Waals surface area contributed by atoms with Crippen LogP contribution in [0.2, 0.25) is 0 Å². The van der Waals surface area contributed by atoms with Crippen LogP contribution < -0.4 is 11.1 Å². The topological polar surface area (TPSA) is 51.6 Å². The first-order chi connectivity index (χ1) is 5.61. The highest BCUT2D eigenvalue weighted by Crippen LogP contribution is 2.13. The molecule has 1 rings (SSSR count). The normalized spacial score (nSPS) is 10.2. The van der Waals surface area contributed by atoms with E-state index in [1.807, 2.05) is 12.1 Å². The third-order valence-corrected chi connectivity index (χ3v) is 1.91. The molecule has 0 saturated heterocycles. The van der Waals surface area contributed by atoms with Crippen molar-refractivity contribution in [1.82, 2.24) is 0 Å². The molecule has 0 saturated carbocycles. The molecule has 0 radical (unpaired) electrons. The molecule has 0 aliphatic heterocycles. The zero-order valence-corrected chi connectivity index (χ0v) is 7.54. The Morgan fingerprint density at radius 3 is 2.08 bits per heavy atom. The number of nitrogens with two attached hydrogens (primary N) is 2. The molecule has 4 N–H and O–H groups in total. The molecule has 0 amide bonds. The van der Waals surface area contributed by atoms with Gasteiger partial charge in [-0.3, -0.25) is 11.1 Å². The van der Waals surface area contributed by atoms with Crippen molar-refractivity contribution >= 4 is 5.84 Å². The van der Waals surface area contributed by atoms with Crippen LogP contribution in [0, 0.1) is 0 Å². The standard InChI is InChI=1S/C10H14N2/c1-7(2)8-3-5-9(6-4-8)10(11)12/h3-7H,1-2H3,(H3,11,12)/p+1. The molecular weight excluding hydrogens is 148 g/mol. The molecule has 0 spiro atoms. The molecule has 0 heterocycles. The van der Waals surface area contributed by atoms with Gasteiger partial charge in [-0.2, -0.15) is 0 Å². The van der Waals surface area contributed by atoms with E-state index in [4.69, 9.17) is 11.1 Å². The molecule has 0 aliphatic rings. The predicted molar refractivity (Wildman–Crippen MR) is 50.8 cm³/mol. The van der Waals surface area contributed by atoms with Crippen molar-refractivity contribution in [2.24, 2.45) is 5.73 Å². The van der Waals surface area contributed by atoms with E-state index in [1.54, 1.807) is 0 Å². The first kappa shape index (κ1) is 8.78. The second kappa shape index (κ2) is 3.39. The van der Waals surface area contributed by atoms with Crippen LogP contribution in [0.1, 0.15) is 30.9 Å². The maximum atomic E-state index is 5.43. The van der Waals surface area contributed by atoms with E-state index in [0.717, 1.165) is 5.56 Å². The number of benzene rings is 1. The SMILES string of the molecule is CC(C)c1ccc(C(N)=[NH2+])cc1. The van der Waals surface area contributed by atoms with Crippen LogP contribution >= 0.6 is 0 Å². The summed E-state index contributed by atoms with van der Waals surface area (Å²) in [6.45, 7) is 4.31. The van der Waals surface area contributed by atoms with Crippen LogP contribution in [0.15, 0.2) is 24.3 Å². The Bertz CT molecular complexity index is 272. The molecule has 12 heavy (non-hydrogen) atoms. The van der Waals surface area contributed by atoms with Gasteiger partial charge in [-0.1, -0.05) is 26.0 Å². The van der Waals surface area contributed by atoms with Gasteiger partial charge in [0.2, 0.25) is 0 Å². The first-order valence-electron chi connectivity index (χ1n) is 4.09. The lowest BCUT2D eigenvalue weighted by molar-refractivity contribution is -0.114. The van der Waals surface area contributed by atoms with Crippen LogP contribution in [-0.2, 0) is 0 Å². The van der Waals surface area contributed by atoms with Crippen molar-refractivity contribution in [1.29, 1.82) is 0 Å². The third kappa shape index (κ3) is 1.84. The highest BCUT2D eigenvalue weighted by atomic mass is 14.7. The second-order valence-corrected chi connectivity index (χ2v) is 3.23. The summed E-state index contributed by atoms with van der Waals surface area (Å²) in [5, 5.41) is 5.43. The van der Waals surface area contributed by atoms with Crippen LogP contribution in [0.4, 0.5) is 0 Å². The van der Waals surface area contributed by atoms with Gasteiger partial charge in [0.1, 0.15) is 0 Å². The Morgan fingerprint density at radius 2 is 1.75 bits per heavy atom. The minimum absolute atomic E-state index is 0.380. The minimum Gasteiger partial charge on any atom is -0.287 e. The summed E-state index contributed by atoms with van der Waals surface area (Å²) in [6.07, 6.45) is 0. The predicted octanol–water partition coefficient (Wildman–Crippen LogP) is 0.274. The van der Waals surface area contributed by atoms with Crippen molar-refractivity contribution in [2.45, 2.75) is 19.8 Å². The Hall–Kier alpha value is -1.31. The van der Waals surface area contributed by atoms with Crippen molar-refractivity contribution in [2.75, 3.05) is 0 Å². The van der Waals surface area contributed by atoms with E-state index < -0.39 is 0 Å². The Balaban J connectivity index is 2.93. The molecule has 0 bridgehead atoms. The molecule has 2 heteroatoms. The number of hydrogen-bond donors (Lipinski definition) is 2. The summed E-state index contributed by atoms with van der Waals surface area (Å²) in [6, 6.07) is 8.01. The first-order valence-corrected chi connectivity index (χ1v) is 4.09. The van der Waals surface area contributed by atoms with Gasteiger partial charge in [0.15, 0.2) is 0 Å². The average Bonchev–Trinajstić information content (AvgIpc) is 2.04. The Labute approximate surface area is 72.9 Å². The van der Waals surface area contributed by atoms with E-state index in [2.05, 4.69) is 26.0 Å². The van der Waals surface area contributed by atoms with E-state index >= 15 is 0 Å². The molecule has 0 atom stereocenters. The summed E-state index contributed by atoms with van der Waals surface area (Å²) in [5.41, 5.74) is 7.64. The van der Waals surface area contributed by atoms with Gasteiger partial charge in [-0.15, -0.1) is 0 Å². The highest BCUT2D eigenvalue weighted by Gasteiger charge is 2.02. The van der Waals surface area contributed by atoms with Gasteiger partial charge in [0.05, 0.1) is 5.56 Å². The zero-order chi connectivity index (χ0) is 9.14. The number of amidine groups is 1. The summed E-state index contributed by atoms with van der Waals surface area (Å²) in [4.78, 5) is 0. The average molecular weight is 163 g/mol. The monoisotopic (exact) mass is 163 g/mol. The lowest BCUT2D eigenvalue weighted by Crippen LogP contribution is -2.46. The third-order valence-electron chi connectivity index (χ3n) is 1.91. The van der Waals surface area contributed by atoms with Crippen LogP contribution in [0.5, 0.6) is 0 Å². The van der Waals surface area contributed by atoms with Gasteiger partial charge in [-0.05, 0) is 23.6 Å². The zero-order valence-electron chi connectivity index (χ0n) is 7.54. The smallest absolute Gasteiger partial charge is 0.270 e. The van der Waals surface area contributed by atoms with Crippen molar-refractivity contribution in [3.8, 4) is 0 Å². The number of rotatable bonds is 2. The molecule has 0 fully saturated rings. The summed E-state index contributed by atoms with van der Waals surface area (Å²) in [7, 11) is 0. The molecule has 2 nitrogen and oxygen atoms in total. The van der Waals surface area contributed by atoms with Gasteiger partial charge in [-0.25, -0.2) is 0 Å². The fourth-order valence-electron chi connectivity index (χ4n) is 1.06. The maximum Gasteiger partial charge on any atom is 0.270 e. The van der Waals surface area contributed by atoms with Crippen LogP contribution in [0.25, 0.3) is 0 Å². The molecule has 0 aromatic heterocycles.